The van der Waals surface area contributed by atoms with Crippen LogP contribution in [0.5, 0.6) is 0 Å². The van der Waals surface area contributed by atoms with Crippen LogP contribution in [-0.4, -0.2) is 22.3 Å². The highest BCUT2D eigenvalue weighted by molar-refractivity contribution is 5.86. The van der Waals surface area contributed by atoms with E-state index in [-0.39, 0.29) is 12.0 Å². The van der Waals surface area contributed by atoms with E-state index in [0.29, 0.717) is 0 Å². The Bertz CT molecular complexity index is 197. The molecule has 0 aromatic rings. The molecule has 0 heterocycles. The van der Waals surface area contributed by atoms with Crippen LogP contribution in [0.15, 0.2) is 11.8 Å². The first-order valence-corrected chi connectivity index (χ1v) is 2.99. The zero-order valence-electron chi connectivity index (χ0n) is 6.00. The van der Waals surface area contributed by atoms with Crippen molar-refractivity contribution in [2.45, 2.75) is 13.3 Å². The quantitative estimate of drug-likeness (QED) is 0.527. The Hall–Kier alpha value is -1.52. The van der Waals surface area contributed by atoms with Crippen LogP contribution in [0.4, 0.5) is 4.79 Å². The van der Waals surface area contributed by atoms with Crippen LogP contribution in [0, 0.1) is 0 Å². The molecular formula is C6H9NO4. The van der Waals surface area contributed by atoms with Crippen LogP contribution < -0.4 is 5.32 Å². The Balaban J connectivity index is 4.13. The van der Waals surface area contributed by atoms with Crippen molar-refractivity contribution in [2.75, 3.05) is 0 Å². The molecule has 0 fully saturated rings. The van der Waals surface area contributed by atoms with Crippen molar-refractivity contribution in [2.24, 2.45) is 0 Å². The molecule has 3 N–H and O–H groups in total. The number of carboxylic acid groups (broad SMARTS) is 2. The van der Waals surface area contributed by atoms with Gasteiger partial charge in [0, 0.05) is 6.20 Å². The fourth-order valence-corrected chi connectivity index (χ4v) is 0.464. The second-order valence-corrected chi connectivity index (χ2v) is 1.78. The number of rotatable bonds is 3. The van der Waals surface area contributed by atoms with E-state index >= 15 is 0 Å². The number of nitrogens with one attached hydrogen (secondary N) is 1. The molecule has 0 rings (SSSR count). The number of hydrogen-bond acceptors (Lipinski definition) is 2. The van der Waals surface area contributed by atoms with Crippen LogP contribution in [0.3, 0.4) is 0 Å². The van der Waals surface area contributed by atoms with Gasteiger partial charge in [-0.3, -0.25) is 5.32 Å². The largest absolute Gasteiger partial charge is 0.478 e. The Kier molecular flexibility index (Phi) is 3.72. The Morgan fingerprint density at radius 1 is 1.45 bits per heavy atom. The van der Waals surface area contributed by atoms with Crippen molar-refractivity contribution < 1.29 is 19.8 Å². The van der Waals surface area contributed by atoms with Gasteiger partial charge in [0.2, 0.25) is 0 Å². The molecule has 0 atom stereocenters. The normalized spacial score (nSPS) is 10.8. The zero-order valence-corrected chi connectivity index (χ0v) is 6.00. The van der Waals surface area contributed by atoms with Crippen molar-refractivity contribution in [1.82, 2.24) is 5.32 Å². The summed E-state index contributed by atoms with van der Waals surface area (Å²) in [5.41, 5.74) is 0.0346. The maximum Gasteiger partial charge on any atom is 0.408 e. The first-order valence-electron chi connectivity index (χ1n) is 2.99. The van der Waals surface area contributed by atoms with Crippen molar-refractivity contribution in [3.63, 3.8) is 0 Å². The first kappa shape index (κ1) is 9.48. The lowest BCUT2D eigenvalue weighted by Gasteiger charge is -1.96. The molecule has 0 aromatic carbocycles. The molecule has 0 saturated heterocycles. The lowest BCUT2D eigenvalue weighted by molar-refractivity contribution is -0.132. The SMILES string of the molecule is CCC(=CNC(=O)O)C(=O)O. The fourth-order valence-electron chi connectivity index (χ4n) is 0.464. The van der Waals surface area contributed by atoms with E-state index in [4.69, 9.17) is 10.2 Å². The highest BCUT2D eigenvalue weighted by atomic mass is 16.4. The Morgan fingerprint density at radius 3 is 2.27 bits per heavy atom. The molecule has 0 aliphatic heterocycles. The third-order valence-electron chi connectivity index (χ3n) is 1.03. The van der Waals surface area contributed by atoms with Crippen molar-refractivity contribution in [3.8, 4) is 0 Å². The molecule has 0 bridgehead atoms. The lowest BCUT2D eigenvalue weighted by atomic mass is 10.2. The molecule has 0 spiro atoms. The van der Waals surface area contributed by atoms with Gasteiger partial charge in [0.15, 0.2) is 0 Å². The summed E-state index contributed by atoms with van der Waals surface area (Å²) in [6, 6.07) is 0. The van der Waals surface area contributed by atoms with Gasteiger partial charge in [0.1, 0.15) is 0 Å². The molecule has 0 aliphatic rings. The maximum atomic E-state index is 10.2. The van der Waals surface area contributed by atoms with E-state index in [1.54, 1.807) is 6.92 Å². The summed E-state index contributed by atoms with van der Waals surface area (Å²) in [4.78, 5) is 20.1. The van der Waals surface area contributed by atoms with Gasteiger partial charge < -0.3 is 10.2 Å². The average molecular weight is 159 g/mol. The van der Waals surface area contributed by atoms with Gasteiger partial charge in [0.25, 0.3) is 0 Å². The average Bonchev–Trinajstić information content (AvgIpc) is 1.87. The van der Waals surface area contributed by atoms with Gasteiger partial charge in [-0.05, 0) is 6.42 Å². The smallest absolute Gasteiger partial charge is 0.408 e. The third kappa shape index (κ3) is 3.96. The topological polar surface area (TPSA) is 86.6 Å². The lowest BCUT2D eigenvalue weighted by Crippen LogP contribution is -2.15. The van der Waals surface area contributed by atoms with Gasteiger partial charge in [0.05, 0.1) is 5.57 Å². The third-order valence-corrected chi connectivity index (χ3v) is 1.03. The molecule has 0 aromatic heterocycles. The van der Waals surface area contributed by atoms with Crippen molar-refractivity contribution in [1.29, 1.82) is 0 Å². The van der Waals surface area contributed by atoms with Crippen LogP contribution >= 0.6 is 0 Å². The zero-order chi connectivity index (χ0) is 8.85. The van der Waals surface area contributed by atoms with Gasteiger partial charge in [-0.2, -0.15) is 0 Å². The van der Waals surface area contributed by atoms with E-state index < -0.39 is 12.1 Å². The molecule has 1 amide bonds. The molecule has 62 valence electrons. The van der Waals surface area contributed by atoms with Crippen LogP contribution in [-0.2, 0) is 4.79 Å². The molecule has 5 nitrogen and oxygen atoms in total. The Morgan fingerprint density at radius 2 is 2.00 bits per heavy atom. The van der Waals surface area contributed by atoms with Crippen LogP contribution in [0.25, 0.3) is 0 Å². The second kappa shape index (κ2) is 4.32. The first-order chi connectivity index (χ1) is 5.07. The van der Waals surface area contributed by atoms with Crippen molar-refractivity contribution >= 4 is 12.1 Å². The minimum absolute atomic E-state index is 0.0346. The maximum absolute atomic E-state index is 10.2. The predicted octanol–water partition coefficient (Wildman–Crippen LogP) is 0.633. The summed E-state index contributed by atoms with van der Waals surface area (Å²) in [5.74, 6) is -1.11. The summed E-state index contributed by atoms with van der Waals surface area (Å²) in [6.45, 7) is 1.63. The number of carbonyl (C=O) groups is 2. The summed E-state index contributed by atoms with van der Waals surface area (Å²) in [6.07, 6.45) is -0.0162. The van der Waals surface area contributed by atoms with E-state index in [0.717, 1.165) is 6.20 Å². The highest BCUT2D eigenvalue weighted by Gasteiger charge is 2.03. The van der Waals surface area contributed by atoms with E-state index in [1.807, 2.05) is 5.32 Å². The summed E-state index contributed by atoms with van der Waals surface area (Å²) >= 11 is 0. The molecule has 5 heteroatoms. The van der Waals surface area contributed by atoms with Crippen LogP contribution in [0.1, 0.15) is 13.3 Å². The number of hydrogen-bond donors (Lipinski definition) is 3. The molecule has 0 saturated carbocycles. The van der Waals surface area contributed by atoms with E-state index in [9.17, 15) is 9.59 Å². The summed E-state index contributed by atoms with van der Waals surface area (Å²) in [5, 5.41) is 18.3. The van der Waals surface area contributed by atoms with E-state index in [1.165, 1.54) is 0 Å². The molecule has 11 heavy (non-hydrogen) atoms. The Labute approximate surface area is 63.3 Å². The number of amides is 1. The van der Waals surface area contributed by atoms with E-state index in [2.05, 4.69) is 0 Å². The summed E-state index contributed by atoms with van der Waals surface area (Å²) in [7, 11) is 0. The van der Waals surface area contributed by atoms with Crippen LogP contribution in [0.2, 0.25) is 0 Å². The molecular weight excluding hydrogens is 150 g/mol. The summed E-state index contributed by atoms with van der Waals surface area (Å²) < 4.78 is 0. The molecule has 0 unspecified atom stereocenters. The minimum atomic E-state index is -1.27. The molecule has 0 radical (unpaired) electrons. The van der Waals surface area contributed by atoms with Gasteiger partial charge in [-0.25, -0.2) is 9.59 Å². The fraction of sp³-hybridized carbons (Fsp3) is 0.333. The highest BCUT2D eigenvalue weighted by Crippen LogP contribution is 1.97. The van der Waals surface area contributed by atoms with Crippen molar-refractivity contribution in [3.05, 3.63) is 11.8 Å². The number of carboxylic acids is 1. The molecule has 0 aliphatic carbocycles. The second-order valence-electron chi connectivity index (χ2n) is 1.78. The van der Waals surface area contributed by atoms with Gasteiger partial charge in [-0.1, -0.05) is 6.92 Å². The van der Waals surface area contributed by atoms with Gasteiger partial charge >= 0.3 is 12.1 Å². The standard InChI is InChI=1S/C6H9NO4/c1-2-4(5(8)9)3-7-6(10)11/h3,7H,2H2,1H3,(H,8,9)(H,10,11). The van der Waals surface area contributed by atoms with Gasteiger partial charge in [-0.15, -0.1) is 0 Å². The predicted molar refractivity (Wildman–Crippen MR) is 37.2 cm³/mol. The number of aliphatic carboxylic acids is 1. The minimum Gasteiger partial charge on any atom is -0.478 e. The monoisotopic (exact) mass is 159 g/mol.